The normalized spacial score (nSPS) is 19.7. The van der Waals surface area contributed by atoms with Crippen molar-refractivity contribution in [3.05, 3.63) is 64.1 Å². The first-order valence-corrected chi connectivity index (χ1v) is 9.29. The van der Waals surface area contributed by atoms with E-state index in [-0.39, 0.29) is 0 Å². The minimum Gasteiger partial charge on any atom is -0.323 e. The van der Waals surface area contributed by atoms with Crippen LogP contribution in [0.1, 0.15) is 25.0 Å². The minimum absolute atomic E-state index is 0.290. The Bertz CT molecular complexity index is 1020. The molecule has 1 saturated heterocycles. The van der Waals surface area contributed by atoms with Gasteiger partial charge in [-0.15, -0.1) is 0 Å². The third-order valence-corrected chi connectivity index (χ3v) is 5.40. The first-order valence-electron chi connectivity index (χ1n) is 8.50. The van der Waals surface area contributed by atoms with Crippen molar-refractivity contribution in [3.8, 4) is 6.07 Å². The number of hydrogen-bond donors (Lipinski definition) is 2. The molecule has 7 nitrogen and oxygen atoms in total. The third-order valence-electron chi connectivity index (χ3n) is 4.71. The zero-order valence-electron chi connectivity index (χ0n) is 15.2. The van der Waals surface area contributed by atoms with E-state index >= 15 is 0 Å². The Morgan fingerprint density at radius 3 is 2.54 bits per heavy atom. The molecule has 3 rings (SSSR count). The second kappa shape index (κ2) is 7.44. The first-order chi connectivity index (χ1) is 13.3. The molecule has 0 saturated carbocycles. The van der Waals surface area contributed by atoms with Gasteiger partial charge in [-0.2, -0.15) is 5.26 Å². The molecule has 1 aliphatic heterocycles. The van der Waals surface area contributed by atoms with Crippen LogP contribution in [0.25, 0.3) is 0 Å². The maximum atomic E-state index is 13.1. The quantitative estimate of drug-likeness (QED) is 0.712. The molecular formula is C20H17BrN4O3. The van der Waals surface area contributed by atoms with E-state index in [1.165, 1.54) is 6.92 Å². The van der Waals surface area contributed by atoms with Crippen LogP contribution in [-0.4, -0.2) is 28.8 Å². The summed E-state index contributed by atoms with van der Waals surface area (Å²) in [6.45, 7) is 3.07. The van der Waals surface area contributed by atoms with Crippen LogP contribution in [-0.2, 0) is 15.1 Å². The summed E-state index contributed by atoms with van der Waals surface area (Å²) in [4.78, 5) is 39.2. The van der Waals surface area contributed by atoms with Crippen molar-refractivity contribution in [2.75, 3.05) is 5.32 Å². The first kappa shape index (κ1) is 19.6. The lowest BCUT2D eigenvalue weighted by Crippen LogP contribution is -2.47. The summed E-state index contributed by atoms with van der Waals surface area (Å²) in [6.07, 6.45) is 0. The van der Waals surface area contributed by atoms with E-state index in [1.54, 1.807) is 55.5 Å². The highest BCUT2D eigenvalue weighted by atomic mass is 79.9. The van der Waals surface area contributed by atoms with Gasteiger partial charge in [0.1, 0.15) is 17.6 Å². The second-order valence-corrected chi connectivity index (χ2v) is 7.39. The number of urea groups is 1. The maximum Gasteiger partial charge on any atom is 0.326 e. The molecule has 2 N–H and O–H groups in total. The predicted molar refractivity (Wildman–Crippen MR) is 106 cm³/mol. The van der Waals surface area contributed by atoms with Gasteiger partial charge in [-0.1, -0.05) is 46.3 Å². The molecule has 0 bridgehead atoms. The molecule has 0 aliphatic carbocycles. The van der Waals surface area contributed by atoms with Gasteiger partial charge in [-0.25, -0.2) is 9.69 Å². The van der Waals surface area contributed by atoms with Gasteiger partial charge in [0, 0.05) is 10.0 Å². The Labute approximate surface area is 170 Å². The molecule has 142 valence electrons. The average Bonchev–Trinajstić information content (AvgIpc) is 2.91. The number of amides is 4. The zero-order chi connectivity index (χ0) is 20.5. The maximum absolute atomic E-state index is 13.1. The van der Waals surface area contributed by atoms with Crippen LogP contribution < -0.4 is 10.6 Å². The standard InChI is InChI=1S/C20H17BrN4O3/c1-12(17(26)23-16-10-6-3-7-13(16)11-22)25-18(27)20(2,24-19(25)28)14-8-4-5-9-15(14)21/h3-10,12H,1-2H3,(H,23,26)(H,24,28). The summed E-state index contributed by atoms with van der Waals surface area (Å²) >= 11 is 3.40. The van der Waals surface area contributed by atoms with Crippen molar-refractivity contribution in [2.24, 2.45) is 0 Å². The number of anilines is 1. The van der Waals surface area contributed by atoms with Crippen molar-refractivity contribution in [1.82, 2.24) is 10.2 Å². The highest BCUT2D eigenvalue weighted by molar-refractivity contribution is 9.10. The molecule has 0 spiro atoms. The molecule has 28 heavy (non-hydrogen) atoms. The molecule has 4 amide bonds. The van der Waals surface area contributed by atoms with Crippen molar-refractivity contribution in [2.45, 2.75) is 25.4 Å². The molecule has 1 heterocycles. The largest absolute Gasteiger partial charge is 0.326 e. The Hall–Kier alpha value is -3.18. The van der Waals surface area contributed by atoms with Crippen LogP contribution in [0.2, 0.25) is 0 Å². The highest BCUT2D eigenvalue weighted by Crippen LogP contribution is 2.34. The van der Waals surface area contributed by atoms with Crippen molar-refractivity contribution < 1.29 is 14.4 Å². The van der Waals surface area contributed by atoms with Crippen molar-refractivity contribution in [3.63, 3.8) is 0 Å². The van der Waals surface area contributed by atoms with Crippen LogP contribution in [0.5, 0.6) is 0 Å². The summed E-state index contributed by atoms with van der Waals surface area (Å²) in [5.41, 5.74) is -0.0879. The molecule has 8 heteroatoms. The van der Waals surface area contributed by atoms with Gasteiger partial charge in [0.2, 0.25) is 5.91 Å². The highest BCUT2D eigenvalue weighted by Gasteiger charge is 2.52. The van der Waals surface area contributed by atoms with Crippen LogP contribution >= 0.6 is 15.9 Å². The number of imide groups is 1. The average molecular weight is 441 g/mol. The number of nitrogens with one attached hydrogen (secondary N) is 2. The van der Waals surface area contributed by atoms with Crippen LogP contribution in [0.15, 0.2) is 53.0 Å². The van der Waals surface area contributed by atoms with E-state index in [0.29, 0.717) is 21.3 Å². The van der Waals surface area contributed by atoms with Gasteiger partial charge in [-0.3, -0.25) is 9.59 Å². The predicted octanol–water partition coefficient (Wildman–Crippen LogP) is 3.11. The summed E-state index contributed by atoms with van der Waals surface area (Å²) in [7, 11) is 0. The monoisotopic (exact) mass is 440 g/mol. The third kappa shape index (κ3) is 3.25. The SMILES string of the molecule is CC(C(=O)Nc1ccccc1C#N)N1C(=O)NC(C)(c2ccccc2Br)C1=O. The lowest BCUT2D eigenvalue weighted by molar-refractivity contribution is -0.136. The smallest absolute Gasteiger partial charge is 0.323 e. The van der Waals surface area contributed by atoms with E-state index < -0.39 is 29.4 Å². The fourth-order valence-corrected chi connectivity index (χ4v) is 3.79. The topological polar surface area (TPSA) is 102 Å². The van der Waals surface area contributed by atoms with Gasteiger partial charge in [0.05, 0.1) is 11.3 Å². The molecule has 1 aliphatic rings. The van der Waals surface area contributed by atoms with Gasteiger partial charge in [-0.05, 0) is 32.0 Å². The van der Waals surface area contributed by atoms with E-state index in [0.717, 1.165) is 4.90 Å². The number of carbonyl (C=O) groups excluding carboxylic acids is 3. The number of benzene rings is 2. The Morgan fingerprint density at radius 1 is 1.21 bits per heavy atom. The number of hydrogen-bond acceptors (Lipinski definition) is 4. The number of halogens is 1. The van der Waals surface area contributed by atoms with E-state index in [9.17, 15) is 14.4 Å². The summed E-state index contributed by atoms with van der Waals surface area (Å²) in [6, 6.07) is 13.9. The van der Waals surface area contributed by atoms with Gasteiger partial charge >= 0.3 is 6.03 Å². The molecule has 2 atom stereocenters. The van der Waals surface area contributed by atoms with Crippen molar-refractivity contribution in [1.29, 1.82) is 5.26 Å². The summed E-state index contributed by atoms with van der Waals surface area (Å²) in [5, 5.41) is 14.4. The Kier molecular flexibility index (Phi) is 5.21. The fourth-order valence-electron chi connectivity index (χ4n) is 3.11. The number of rotatable bonds is 4. The van der Waals surface area contributed by atoms with E-state index in [1.807, 2.05) is 6.07 Å². The van der Waals surface area contributed by atoms with Crippen molar-refractivity contribution >= 4 is 39.5 Å². The molecule has 0 radical (unpaired) electrons. The van der Waals surface area contributed by atoms with Crippen LogP contribution in [0.3, 0.4) is 0 Å². The van der Waals surface area contributed by atoms with E-state index in [2.05, 4.69) is 26.6 Å². The zero-order valence-corrected chi connectivity index (χ0v) is 16.8. The molecule has 1 fully saturated rings. The number of nitriles is 1. The fraction of sp³-hybridized carbons (Fsp3) is 0.200. The Morgan fingerprint density at radius 2 is 1.86 bits per heavy atom. The van der Waals surface area contributed by atoms with Crippen LogP contribution in [0, 0.1) is 11.3 Å². The summed E-state index contributed by atoms with van der Waals surface area (Å²) < 4.78 is 0.674. The van der Waals surface area contributed by atoms with Crippen LogP contribution in [0.4, 0.5) is 10.5 Å². The van der Waals surface area contributed by atoms with Gasteiger partial charge in [0.15, 0.2) is 0 Å². The summed E-state index contributed by atoms with van der Waals surface area (Å²) in [5.74, 6) is -1.09. The lowest BCUT2D eigenvalue weighted by Gasteiger charge is -2.25. The second-order valence-electron chi connectivity index (χ2n) is 6.53. The number of nitrogens with zero attached hydrogens (tertiary/aromatic N) is 2. The number of para-hydroxylation sites is 1. The number of carbonyl (C=O) groups is 3. The lowest BCUT2D eigenvalue weighted by atomic mass is 9.92. The molecular weight excluding hydrogens is 424 g/mol. The Balaban J connectivity index is 1.86. The molecule has 2 aromatic carbocycles. The van der Waals surface area contributed by atoms with E-state index in [4.69, 9.17) is 5.26 Å². The molecule has 0 aromatic heterocycles. The molecule has 2 aromatic rings. The molecule has 2 unspecified atom stereocenters. The van der Waals surface area contributed by atoms with Gasteiger partial charge < -0.3 is 10.6 Å². The minimum atomic E-state index is -1.30. The van der Waals surface area contributed by atoms with Gasteiger partial charge in [0.25, 0.3) is 5.91 Å².